The molecule has 0 heterocycles. The molecule has 10 heteroatoms. The molecular formula is C24H23F4NO4S. The van der Waals surface area contributed by atoms with Crippen LogP contribution in [0.4, 0.5) is 16.0 Å². The summed E-state index contributed by atoms with van der Waals surface area (Å²) in [6, 6.07) is 10.0. The zero-order valence-corrected chi connectivity index (χ0v) is 19.4. The lowest BCUT2D eigenvalue weighted by Gasteiger charge is -2.28. The van der Waals surface area contributed by atoms with Gasteiger partial charge in [0.25, 0.3) is 5.91 Å². The normalized spacial score (nSPS) is 13.4. The molecule has 0 radical (unpaired) electrons. The van der Waals surface area contributed by atoms with E-state index in [0.717, 1.165) is 12.1 Å². The van der Waals surface area contributed by atoms with E-state index in [1.54, 1.807) is 20.8 Å². The van der Waals surface area contributed by atoms with Crippen LogP contribution in [-0.2, 0) is 11.4 Å². The van der Waals surface area contributed by atoms with Gasteiger partial charge in [0.2, 0.25) is 11.2 Å². The third kappa shape index (κ3) is 5.80. The number of carbonyl (C=O) groups excluding carboxylic acids is 1. The van der Waals surface area contributed by atoms with Gasteiger partial charge >= 0.3 is 5.97 Å². The second-order valence-corrected chi connectivity index (χ2v) is 10.0. The second kappa shape index (κ2) is 9.54. The Morgan fingerprint density at radius 1 is 1.03 bits per heavy atom. The van der Waals surface area contributed by atoms with Crippen molar-refractivity contribution in [2.45, 2.75) is 38.3 Å². The minimum absolute atomic E-state index is 0.0194. The molecule has 182 valence electrons. The number of nitrogens with one attached hydrogen (secondary N) is 1. The smallest absolute Gasteiger partial charge is 0.326 e. The highest BCUT2D eigenvalue weighted by atomic mass is 32.3. The Morgan fingerprint density at radius 3 is 2.24 bits per heavy atom. The van der Waals surface area contributed by atoms with Gasteiger partial charge in [0, 0.05) is 5.39 Å². The number of hydrogen-bond acceptors (Lipinski definition) is 3. The van der Waals surface area contributed by atoms with Crippen LogP contribution in [0.15, 0.2) is 59.5 Å². The largest absolute Gasteiger partial charge is 0.487 e. The molecule has 0 fully saturated rings. The standard InChI is InChI=1S/C24H23F4NO4S/c1-24(2,3)21(23(31)32)29-22(30)19-10-6-15-12-16(25)7-11-18(15)20(19)33-13-14-4-8-17(9-5-14)34(26,27)28/h4-12,21H,13H2,1-3H3,(H,29,30)(H,31,32)/t21-/m1/s1. The van der Waals surface area contributed by atoms with Crippen molar-refractivity contribution in [2.24, 2.45) is 5.41 Å². The monoisotopic (exact) mass is 497 g/mol. The van der Waals surface area contributed by atoms with E-state index < -0.39 is 45.2 Å². The van der Waals surface area contributed by atoms with Gasteiger partial charge in [0.05, 0.1) is 10.5 Å². The summed E-state index contributed by atoms with van der Waals surface area (Å²) in [5.41, 5.74) is -0.341. The molecule has 0 saturated heterocycles. The molecule has 0 aromatic heterocycles. The molecule has 3 rings (SSSR count). The summed E-state index contributed by atoms with van der Waals surface area (Å²) in [6.07, 6.45) is 0. The van der Waals surface area contributed by atoms with E-state index >= 15 is 0 Å². The van der Waals surface area contributed by atoms with Crippen LogP contribution in [0.3, 0.4) is 0 Å². The average molecular weight is 498 g/mol. The van der Waals surface area contributed by atoms with Gasteiger partial charge in [-0.05, 0) is 52.8 Å². The zero-order chi connectivity index (χ0) is 25.3. The molecule has 0 aliphatic carbocycles. The number of hydrogen-bond donors (Lipinski definition) is 2. The SMILES string of the molecule is CC(C)(C)[C@H](NC(=O)c1ccc2cc(F)ccc2c1OCc1ccc(S(F)(F)F)cc1)C(=O)O. The van der Waals surface area contributed by atoms with E-state index in [1.165, 1.54) is 42.5 Å². The fourth-order valence-electron chi connectivity index (χ4n) is 3.36. The fraction of sp³-hybridized carbons (Fsp3) is 0.250. The first-order valence-electron chi connectivity index (χ1n) is 10.2. The maximum absolute atomic E-state index is 13.7. The van der Waals surface area contributed by atoms with Crippen LogP contribution >= 0.6 is 11.2 Å². The lowest BCUT2D eigenvalue weighted by molar-refractivity contribution is -0.142. The van der Waals surface area contributed by atoms with Crippen molar-refractivity contribution in [1.82, 2.24) is 5.32 Å². The van der Waals surface area contributed by atoms with Crippen molar-refractivity contribution in [2.75, 3.05) is 0 Å². The number of carbonyl (C=O) groups is 2. The molecule has 1 amide bonds. The molecule has 0 unspecified atom stereocenters. The Hall–Kier alpha value is -3.27. The summed E-state index contributed by atoms with van der Waals surface area (Å²) in [5.74, 6) is -2.35. The third-order valence-electron chi connectivity index (χ3n) is 5.14. The molecule has 0 bridgehead atoms. The Morgan fingerprint density at radius 2 is 1.68 bits per heavy atom. The number of aliphatic carboxylic acids is 1. The van der Waals surface area contributed by atoms with Crippen molar-refractivity contribution in [3.63, 3.8) is 0 Å². The van der Waals surface area contributed by atoms with Crippen LogP contribution in [0.2, 0.25) is 0 Å². The number of carboxylic acids is 1. The van der Waals surface area contributed by atoms with Crippen molar-refractivity contribution >= 4 is 33.8 Å². The lowest BCUT2D eigenvalue weighted by atomic mass is 9.86. The van der Waals surface area contributed by atoms with E-state index in [4.69, 9.17) is 4.74 Å². The Kier molecular flexibility index (Phi) is 7.11. The van der Waals surface area contributed by atoms with Crippen LogP contribution in [0.25, 0.3) is 10.8 Å². The molecule has 0 saturated carbocycles. The van der Waals surface area contributed by atoms with Crippen LogP contribution < -0.4 is 10.1 Å². The van der Waals surface area contributed by atoms with Gasteiger partial charge in [-0.15, -0.1) is 11.7 Å². The number of amides is 1. The van der Waals surface area contributed by atoms with Gasteiger partial charge in [0.1, 0.15) is 24.2 Å². The molecule has 3 aromatic carbocycles. The van der Waals surface area contributed by atoms with Gasteiger partial charge in [0.15, 0.2) is 0 Å². The quantitative estimate of drug-likeness (QED) is 0.361. The molecule has 2 N–H and O–H groups in total. The van der Waals surface area contributed by atoms with E-state index in [9.17, 15) is 30.7 Å². The lowest BCUT2D eigenvalue weighted by Crippen LogP contribution is -2.49. The third-order valence-corrected chi connectivity index (χ3v) is 5.95. The molecule has 0 aliphatic heterocycles. The van der Waals surface area contributed by atoms with Gasteiger partial charge < -0.3 is 15.2 Å². The summed E-state index contributed by atoms with van der Waals surface area (Å²) < 4.78 is 58.3. The Labute approximate surface area is 195 Å². The first-order chi connectivity index (χ1) is 15.8. The van der Waals surface area contributed by atoms with Gasteiger partial charge in [-0.3, -0.25) is 4.79 Å². The number of ether oxygens (including phenoxy) is 1. The van der Waals surface area contributed by atoms with Crippen molar-refractivity contribution in [3.8, 4) is 5.75 Å². The maximum Gasteiger partial charge on any atom is 0.326 e. The van der Waals surface area contributed by atoms with E-state index in [0.29, 0.717) is 16.3 Å². The predicted octanol–water partition coefficient (Wildman–Crippen LogP) is 6.60. The fourth-order valence-corrected chi connectivity index (χ4v) is 3.80. The summed E-state index contributed by atoms with van der Waals surface area (Å²) in [7, 11) is 0. The van der Waals surface area contributed by atoms with Crippen molar-refractivity contribution in [3.05, 3.63) is 71.5 Å². The maximum atomic E-state index is 13.7. The first kappa shape index (κ1) is 25.4. The molecule has 1 atom stereocenters. The summed E-state index contributed by atoms with van der Waals surface area (Å²) in [6.45, 7) is 4.84. The van der Waals surface area contributed by atoms with Gasteiger partial charge in [-0.25, -0.2) is 9.18 Å². The summed E-state index contributed by atoms with van der Waals surface area (Å²) in [4.78, 5) is 24.0. The number of fused-ring (bicyclic) bond motifs is 1. The topological polar surface area (TPSA) is 75.6 Å². The molecule has 0 spiro atoms. The van der Waals surface area contributed by atoms with Crippen LogP contribution in [0, 0.1) is 11.2 Å². The number of rotatable bonds is 7. The van der Waals surface area contributed by atoms with Crippen LogP contribution in [-0.4, -0.2) is 23.0 Å². The highest BCUT2D eigenvalue weighted by molar-refractivity contribution is 8.20. The summed E-state index contributed by atoms with van der Waals surface area (Å²) in [5, 5.41) is 12.9. The van der Waals surface area contributed by atoms with Crippen LogP contribution in [0.1, 0.15) is 36.7 Å². The van der Waals surface area contributed by atoms with Crippen molar-refractivity contribution < 1.29 is 35.5 Å². The number of benzene rings is 3. The minimum atomic E-state index is -5.35. The predicted molar refractivity (Wildman–Crippen MR) is 122 cm³/mol. The Balaban J connectivity index is 1.97. The van der Waals surface area contributed by atoms with Crippen LogP contribution in [0.5, 0.6) is 5.75 Å². The van der Waals surface area contributed by atoms with E-state index in [1.807, 2.05) is 0 Å². The van der Waals surface area contributed by atoms with E-state index in [2.05, 4.69) is 5.32 Å². The molecule has 3 aromatic rings. The zero-order valence-electron chi connectivity index (χ0n) is 18.6. The van der Waals surface area contributed by atoms with E-state index in [-0.39, 0.29) is 17.9 Å². The second-order valence-electron chi connectivity index (χ2n) is 8.76. The molecule has 0 aliphatic rings. The highest BCUT2D eigenvalue weighted by Gasteiger charge is 2.33. The first-order valence-corrected chi connectivity index (χ1v) is 11.5. The Bertz CT molecular complexity index is 1220. The van der Waals surface area contributed by atoms with Crippen molar-refractivity contribution in [1.29, 1.82) is 0 Å². The van der Waals surface area contributed by atoms with Gasteiger partial charge in [-0.1, -0.05) is 39.0 Å². The average Bonchev–Trinajstić information content (AvgIpc) is 2.74. The molecular weight excluding hydrogens is 474 g/mol. The minimum Gasteiger partial charge on any atom is -0.487 e. The molecule has 5 nitrogen and oxygen atoms in total. The number of halogens is 4. The molecule has 34 heavy (non-hydrogen) atoms. The number of carboxylic acid groups (broad SMARTS) is 1. The van der Waals surface area contributed by atoms with Gasteiger partial charge in [-0.2, -0.15) is 0 Å². The highest BCUT2D eigenvalue weighted by Crippen LogP contribution is 2.60. The summed E-state index contributed by atoms with van der Waals surface area (Å²) >= 11 is -5.35.